The van der Waals surface area contributed by atoms with Gasteiger partial charge >= 0.3 is 19.8 Å². The van der Waals surface area contributed by atoms with E-state index in [2.05, 4.69) is 54.8 Å². The Morgan fingerprint density at radius 2 is 1.04 bits per heavy atom. The molecular weight excluding hydrogens is 603 g/mol. The normalized spacial score (nSPS) is 12.9. The van der Waals surface area contributed by atoms with Gasteiger partial charge in [-0.25, -0.2) is 4.57 Å². The molecule has 9 heteroatoms. The van der Waals surface area contributed by atoms with E-state index in [-0.39, 0.29) is 19.4 Å². The standard InChI is InChI=1S/C37H67O8P/c1-3-5-7-9-11-13-15-17-18-20-21-23-25-27-29-31-36(38)43-33-35(34-44-46(40,41)42)45-37(39)32-30-28-26-24-22-19-16-14-12-10-8-6-4-2/h5,7,11,13,17-18,35H,3-4,6,8-10,12,14-16,19-34H2,1-2H3,(H2,40,41,42)/b7-5+,13-11+,18-17+/t35-/m1/s1. The third-order valence-corrected chi connectivity index (χ3v) is 8.16. The molecule has 0 radical (unpaired) electrons. The van der Waals surface area contributed by atoms with Gasteiger partial charge in [-0.2, -0.15) is 0 Å². The Kier molecular flexibility index (Phi) is 31.9. The molecule has 0 fully saturated rings. The lowest BCUT2D eigenvalue weighted by molar-refractivity contribution is -0.161. The van der Waals surface area contributed by atoms with E-state index in [1.54, 1.807) is 0 Å². The van der Waals surface area contributed by atoms with Crippen molar-refractivity contribution >= 4 is 19.8 Å². The van der Waals surface area contributed by atoms with Crippen LogP contribution in [0.1, 0.15) is 168 Å². The second-order valence-electron chi connectivity index (χ2n) is 12.2. The highest BCUT2D eigenvalue weighted by Crippen LogP contribution is 2.36. The molecule has 0 saturated carbocycles. The molecule has 268 valence electrons. The Balaban J connectivity index is 4.00. The number of carbonyl (C=O) groups is 2. The average molecular weight is 671 g/mol. The highest BCUT2D eigenvalue weighted by atomic mass is 31.2. The minimum absolute atomic E-state index is 0.210. The number of ether oxygens (including phenoxy) is 2. The molecule has 0 rings (SSSR count). The summed E-state index contributed by atoms with van der Waals surface area (Å²) in [7, 11) is -4.75. The maximum Gasteiger partial charge on any atom is 0.469 e. The van der Waals surface area contributed by atoms with Crippen molar-refractivity contribution in [1.82, 2.24) is 0 Å². The lowest BCUT2D eigenvalue weighted by Crippen LogP contribution is -2.29. The van der Waals surface area contributed by atoms with E-state index in [4.69, 9.17) is 19.3 Å². The van der Waals surface area contributed by atoms with E-state index in [0.717, 1.165) is 70.6 Å². The molecule has 0 amide bonds. The highest BCUT2D eigenvalue weighted by molar-refractivity contribution is 7.46. The zero-order chi connectivity index (χ0) is 34.0. The SMILES string of the molecule is CC/C=C/C/C=C/C/C=C/CCCCCCCC(=O)OC[C@H](COP(=O)(O)O)OC(=O)CCCCCCCCCCCCCCC. The van der Waals surface area contributed by atoms with Crippen molar-refractivity contribution in [3.8, 4) is 0 Å². The predicted octanol–water partition coefficient (Wildman–Crippen LogP) is 10.6. The zero-order valence-electron chi connectivity index (χ0n) is 29.2. The van der Waals surface area contributed by atoms with Crippen molar-refractivity contribution < 1.29 is 37.9 Å². The second-order valence-corrected chi connectivity index (χ2v) is 13.4. The number of esters is 2. The minimum atomic E-state index is -4.75. The van der Waals surface area contributed by atoms with Crippen LogP contribution in [0.2, 0.25) is 0 Å². The summed E-state index contributed by atoms with van der Waals surface area (Å²) in [5, 5.41) is 0. The summed E-state index contributed by atoms with van der Waals surface area (Å²) in [5.41, 5.74) is 0. The first kappa shape index (κ1) is 44.3. The second kappa shape index (κ2) is 33.2. The molecule has 8 nitrogen and oxygen atoms in total. The minimum Gasteiger partial charge on any atom is -0.462 e. The van der Waals surface area contributed by atoms with Crippen molar-refractivity contribution in [2.24, 2.45) is 0 Å². The molecule has 0 aliphatic heterocycles. The topological polar surface area (TPSA) is 119 Å². The van der Waals surface area contributed by atoms with Crippen LogP contribution in [0.25, 0.3) is 0 Å². The quantitative estimate of drug-likeness (QED) is 0.0306. The van der Waals surface area contributed by atoms with Crippen LogP contribution in [-0.4, -0.2) is 41.0 Å². The van der Waals surface area contributed by atoms with Crippen LogP contribution in [0.3, 0.4) is 0 Å². The fraction of sp³-hybridized carbons (Fsp3) is 0.784. The summed E-state index contributed by atoms with van der Waals surface area (Å²) in [5.74, 6) is -0.903. The molecule has 0 bridgehead atoms. The molecule has 0 unspecified atom stereocenters. The Hall–Kier alpha value is -1.73. The van der Waals surface area contributed by atoms with Gasteiger partial charge in [-0.05, 0) is 44.9 Å². The van der Waals surface area contributed by atoms with Gasteiger partial charge in [0.25, 0.3) is 0 Å². The first-order valence-electron chi connectivity index (χ1n) is 18.3. The van der Waals surface area contributed by atoms with Crippen molar-refractivity contribution in [2.45, 2.75) is 174 Å². The third kappa shape index (κ3) is 35.1. The van der Waals surface area contributed by atoms with Crippen LogP contribution in [0.15, 0.2) is 36.5 Å². The summed E-state index contributed by atoms with van der Waals surface area (Å²) >= 11 is 0. The smallest absolute Gasteiger partial charge is 0.462 e. The number of hydrogen-bond acceptors (Lipinski definition) is 6. The van der Waals surface area contributed by atoms with Gasteiger partial charge in [0.1, 0.15) is 6.61 Å². The van der Waals surface area contributed by atoms with Crippen LogP contribution < -0.4 is 0 Å². The molecule has 2 N–H and O–H groups in total. The number of phosphoric acid groups is 1. The molecule has 0 aliphatic carbocycles. The molecule has 1 atom stereocenters. The first-order valence-corrected chi connectivity index (χ1v) is 19.8. The lowest BCUT2D eigenvalue weighted by atomic mass is 10.0. The van der Waals surface area contributed by atoms with Gasteiger partial charge in [0.2, 0.25) is 0 Å². The van der Waals surface area contributed by atoms with Crippen LogP contribution in [0.5, 0.6) is 0 Å². The maximum absolute atomic E-state index is 12.3. The number of carbonyl (C=O) groups excluding carboxylic acids is 2. The van der Waals surface area contributed by atoms with Crippen LogP contribution in [0, 0.1) is 0 Å². The summed E-state index contributed by atoms with van der Waals surface area (Å²) in [6.07, 6.45) is 37.2. The van der Waals surface area contributed by atoms with Gasteiger partial charge in [0, 0.05) is 12.8 Å². The summed E-state index contributed by atoms with van der Waals surface area (Å²) in [6, 6.07) is 0. The van der Waals surface area contributed by atoms with Gasteiger partial charge in [-0.15, -0.1) is 0 Å². The van der Waals surface area contributed by atoms with E-state index in [1.165, 1.54) is 57.8 Å². The number of allylic oxidation sites excluding steroid dienone is 6. The Bertz CT molecular complexity index is 848. The van der Waals surface area contributed by atoms with Gasteiger partial charge in [-0.1, -0.05) is 147 Å². The summed E-state index contributed by atoms with van der Waals surface area (Å²) < 4.78 is 26.3. The monoisotopic (exact) mass is 670 g/mol. The number of hydrogen-bond donors (Lipinski definition) is 2. The molecule has 0 heterocycles. The molecule has 0 aromatic heterocycles. The number of phosphoric ester groups is 1. The molecule has 46 heavy (non-hydrogen) atoms. The van der Waals surface area contributed by atoms with E-state index in [1.807, 2.05) is 0 Å². The third-order valence-electron chi connectivity index (χ3n) is 7.67. The van der Waals surface area contributed by atoms with Gasteiger partial charge < -0.3 is 19.3 Å². The Morgan fingerprint density at radius 1 is 0.587 bits per heavy atom. The fourth-order valence-corrected chi connectivity index (χ4v) is 5.34. The van der Waals surface area contributed by atoms with E-state index < -0.39 is 32.5 Å². The molecule has 0 spiro atoms. The number of rotatable bonds is 33. The lowest BCUT2D eigenvalue weighted by Gasteiger charge is -2.18. The predicted molar refractivity (Wildman–Crippen MR) is 188 cm³/mol. The number of unbranched alkanes of at least 4 members (excludes halogenated alkanes) is 17. The largest absolute Gasteiger partial charge is 0.469 e. The van der Waals surface area contributed by atoms with Crippen molar-refractivity contribution in [3.63, 3.8) is 0 Å². The van der Waals surface area contributed by atoms with Gasteiger partial charge in [-0.3, -0.25) is 14.1 Å². The van der Waals surface area contributed by atoms with Crippen LogP contribution in [-0.2, 0) is 28.2 Å². The molecular formula is C37H67O8P. The van der Waals surface area contributed by atoms with E-state index in [9.17, 15) is 14.2 Å². The molecule has 0 aromatic carbocycles. The van der Waals surface area contributed by atoms with Crippen molar-refractivity contribution in [2.75, 3.05) is 13.2 Å². The maximum atomic E-state index is 12.3. The summed E-state index contributed by atoms with van der Waals surface area (Å²) in [4.78, 5) is 42.6. The molecule has 0 saturated heterocycles. The molecule has 0 aliphatic rings. The Morgan fingerprint density at radius 3 is 1.57 bits per heavy atom. The average Bonchev–Trinajstić information content (AvgIpc) is 3.02. The van der Waals surface area contributed by atoms with Crippen LogP contribution >= 0.6 is 7.82 Å². The zero-order valence-corrected chi connectivity index (χ0v) is 30.1. The fourth-order valence-electron chi connectivity index (χ4n) is 4.97. The Labute approximate surface area is 281 Å². The van der Waals surface area contributed by atoms with Gasteiger partial charge in [0.15, 0.2) is 6.10 Å². The van der Waals surface area contributed by atoms with Crippen LogP contribution in [0.4, 0.5) is 0 Å². The van der Waals surface area contributed by atoms with E-state index in [0.29, 0.717) is 12.8 Å². The van der Waals surface area contributed by atoms with Gasteiger partial charge in [0.05, 0.1) is 6.61 Å². The first-order chi connectivity index (χ1) is 22.3. The van der Waals surface area contributed by atoms with Crippen molar-refractivity contribution in [1.29, 1.82) is 0 Å². The van der Waals surface area contributed by atoms with Crippen molar-refractivity contribution in [3.05, 3.63) is 36.5 Å². The summed E-state index contributed by atoms with van der Waals surface area (Å²) in [6.45, 7) is 3.54. The van der Waals surface area contributed by atoms with E-state index >= 15 is 0 Å². The molecule has 0 aromatic rings. The highest BCUT2D eigenvalue weighted by Gasteiger charge is 2.22.